The number of nitrogens with zero attached hydrogens (tertiary/aromatic N) is 1. The quantitative estimate of drug-likeness (QED) is 0.741. The van der Waals surface area contributed by atoms with Gasteiger partial charge >= 0.3 is 0 Å². The summed E-state index contributed by atoms with van der Waals surface area (Å²) in [5.74, 6) is 1.68. The fraction of sp³-hybridized carbons (Fsp3) is 0.533. The first-order valence-corrected chi connectivity index (χ1v) is 11.0. The van der Waals surface area contributed by atoms with Gasteiger partial charge in [-0.15, -0.1) is 11.8 Å². The number of sulfonamides is 1. The molecule has 3 rings (SSSR count). The van der Waals surface area contributed by atoms with E-state index in [0.717, 1.165) is 12.8 Å². The normalized spacial score (nSPS) is 21.7. The van der Waals surface area contributed by atoms with Crippen LogP contribution < -0.4 is 10.1 Å². The monoisotopic (exact) mass is 434 g/mol. The number of halogens is 1. The highest BCUT2D eigenvalue weighted by Crippen LogP contribution is 2.33. The molecule has 1 N–H and O–H groups in total. The lowest BCUT2D eigenvalue weighted by molar-refractivity contribution is -0.123. The minimum atomic E-state index is -3.74. The third kappa shape index (κ3) is 3.74. The van der Waals surface area contributed by atoms with Crippen molar-refractivity contribution < 1.29 is 17.9 Å². The van der Waals surface area contributed by atoms with Gasteiger partial charge in [-0.2, -0.15) is 4.31 Å². The summed E-state index contributed by atoms with van der Waals surface area (Å²) in [5, 5.41) is 2.88. The minimum Gasteiger partial charge on any atom is -0.496 e. The van der Waals surface area contributed by atoms with Crippen molar-refractivity contribution in [2.45, 2.75) is 23.8 Å². The first-order valence-electron chi connectivity index (χ1n) is 7.64. The predicted molar refractivity (Wildman–Crippen MR) is 96.6 cm³/mol. The van der Waals surface area contributed by atoms with E-state index in [1.807, 2.05) is 0 Å². The van der Waals surface area contributed by atoms with E-state index in [-0.39, 0.29) is 16.7 Å². The number of thioether (sulfide) groups is 1. The number of methoxy groups -OCH3 is 1. The maximum absolute atomic E-state index is 12.9. The van der Waals surface area contributed by atoms with Crippen molar-refractivity contribution in [3.63, 3.8) is 0 Å². The van der Waals surface area contributed by atoms with Crippen molar-refractivity contribution in [1.82, 2.24) is 9.62 Å². The van der Waals surface area contributed by atoms with Gasteiger partial charge in [-0.1, -0.05) is 0 Å². The first-order chi connectivity index (χ1) is 11.4. The molecule has 1 heterocycles. The van der Waals surface area contributed by atoms with Gasteiger partial charge in [0.25, 0.3) is 0 Å². The molecular weight excluding hydrogens is 416 g/mol. The number of carbonyl (C=O) groups excluding carboxylic acids is 1. The molecule has 0 aromatic heterocycles. The summed E-state index contributed by atoms with van der Waals surface area (Å²) in [6, 6.07) is 3.96. The lowest BCUT2D eigenvalue weighted by Gasteiger charge is -2.23. The number of carbonyl (C=O) groups is 1. The largest absolute Gasteiger partial charge is 0.496 e. The van der Waals surface area contributed by atoms with Crippen molar-refractivity contribution in [2.24, 2.45) is 5.92 Å². The molecule has 1 atom stereocenters. The van der Waals surface area contributed by atoms with Crippen LogP contribution in [0.1, 0.15) is 12.8 Å². The number of ether oxygens (including phenoxy) is 1. The zero-order valence-electron chi connectivity index (χ0n) is 13.2. The zero-order chi connectivity index (χ0) is 17.3. The molecule has 1 amide bonds. The van der Waals surface area contributed by atoms with Gasteiger partial charge in [0.2, 0.25) is 15.9 Å². The standard InChI is InChI=1S/C15H19BrN2O4S2/c1-22-14-5-4-11(6-12(14)16)24(20,21)18-9-23-8-13(18)15(19)17-7-10-2-3-10/h4-6,10,13H,2-3,7-9H2,1H3,(H,17,19). The van der Waals surface area contributed by atoms with E-state index in [1.54, 1.807) is 6.07 Å². The third-order valence-electron chi connectivity index (χ3n) is 4.14. The molecule has 2 fully saturated rings. The Labute approximate surface area is 154 Å². The number of hydrogen-bond donors (Lipinski definition) is 1. The van der Waals surface area contributed by atoms with Gasteiger partial charge in [0.05, 0.1) is 22.4 Å². The number of nitrogens with one attached hydrogen (secondary N) is 1. The molecule has 1 saturated carbocycles. The van der Waals surface area contributed by atoms with Crippen LogP contribution in [-0.4, -0.2) is 50.0 Å². The van der Waals surface area contributed by atoms with Crippen molar-refractivity contribution in [1.29, 1.82) is 0 Å². The second kappa shape index (κ2) is 7.23. The SMILES string of the molecule is COc1ccc(S(=O)(=O)N2CSCC2C(=O)NCC2CC2)cc1Br. The molecule has 1 aromatic carbocycles. The topological polar surface area (TPSA) is 75.7 Å². The second-order valence-electron chi connectivity index (χ2n) is 5.89. The molecule has 0 spiro atoms. The molecular formula is C15H19BrN2O4S2. The van der Waals surface area contributed by atoms with E-state index in [0.29, 0.717) is 28.4 Å². The summed E-state index contributed by atoms with van der Waals surface area (Å²) >= 11 is 4.76. The predicted octanol–water partition coefficient (Wildman–Crippen LogP) is 2.05. The van der Waals surface area contributed by atoms with Crippen LogP contribution in [-0.2, 0) is 14.8 Å². The van der Waals surface area contributed by atoms with E-state index in [1.165, 1.54) is 35.3 Å². The summed E-state index contributed by atoms with van der Waals surface area (Å²) in [4.78, 5) is 12.5. The summed E-state index contributed by atoms with van der Waals surface area (Å²) in [7, 11) is -2.22. The van der Waals surface area contributed by atoms with Gasteiger partial charge in [-0.25, -0.2) is 8.42 Å². The van der Waals surface area contributed by atoms with Gasteiger partial charge in [0.1, 0.15) is 11.8 Å². The van der Waals surface area contributed by atoms with Crippen LogP contribution in [0, 0.1) is 5.92 Å². The summed E-state index contributed by atoms with van der Waals surface area (Å²) in [6.07, 6.45) is 2.28. The smallest absolute Gasteiger partial charge is 0.244 e. The number of benzene rings is 1. The number of amides is 1. The molecule has 1 aliphatic heterocycles. The van der Waals surface area contributed by atoms with E-state index >= 15 is 0 Å². The Kier molecular flexibility index (Phi) is 5.43. The van der Waals surface area contributed by atoms with Crippen LogP contribution in [0.5, 0.6) is 5.75 Å². The molecule has 6 nitrogen and oxygen atoms in total. The van der Waals surface area contributed by atoms with Gasteiger partial charge in [-0.3, -0.25) is 4.79 Å². The van der Waals surface area contributed by atoms with Crippen molar-refractivity contribution in [3.8, 4) is 5.75 Å². The van der Waals surface area contributed by atoms with Crippen LogP contribution in [0.4, 0.5) is 0 Å². The fourth-order valence-corrected chi connectivity index (χ4v) is 6.37. The highest BCUT2D eigenvalue weighted by atomic mass is 79.9. The lowest BCUT2D eigenvalue weighted by atomic mass is 10.3. The Bertz CT molecular complexity index is 737. The molecule has 1 aliphatic carbocycles. The summed E-state index contributed by atoms with van der Waals surface area (Å²) < 4.78 is 32.8. The zero-order valence-corrected chi connectivity index (χ0v) is 16.4. The Hall–Kier alpha value is -0.770. The van der Waals surface area contributed by atoms with Gasteiger partial charge in [0, 0.05) is 12.3 Å². The lowest BCUT2D eigenvalue weighted by Crippen LogP contribution is -2.47. The van der Waals surface area contributed by atoms with Gasteiger partial charge < -0.3 is 10.1 Å². The van der Waals surface area contributed by atoms with Crippen LogP contribution >= 0.6 is 27.7 Å². The van der Waals surface area contributed by atoms with Crippen LogP contribution in [0.2, 0.25) is 0 Å². The molecule has 0 radical (unpaired) electrons. The highest BCUT2D eigenvalue weighted by molar-refractivity contribution is 9.10. The second-order valence-corrected chi connectivity index (χ2v) is 9.64. The van der Waals surface area contributed by atoms with Gasteiger partial charge in [-0.05, 0) is 52.9 Å². The summed E-state index contributed by atoms with van der Waals surface area (Å²) in [6.45, 7) is 0.641. The van der Waals surface area contributed by atoms with Crippen LogP contribution in [0.3, 0.4) is 0 Å². The number of rotatable bonds is 6. The average Bonchev–Trinajstić information content (AvgIpc) is 3.25. The fourth-order valence-electron chi connectivity index (χ4n) is 2.50. The molecule has 9 heteroatoms. The van der Waals surface area contributed by atoms with Crippen LogP contribution in [0.25, 0.3) is 0 Å². The van der Waals surface area contributed by atoms with Crippen molar-refractivity contribution >= 4 is 43.6 Å². The number of hydrogen-bond acceptors (Lipinski definition) is 5. The molecule has 1 unspecified atom stereocenters. The third-order valence-corrected chi connectivity index (χ3v) is 7.78. The van der Waals surface area contributed by atoms with E-state index in [2.05, 4.69) is 21.2 Å². The molecule has 2 aliphatic rings. The molecule has 24 heavy (non-hydrogen) atoms. The Morgan fingerprint density at radius 3 is 2.83 bits per heavy atom. The van der Waals surface area contributed by atoms with E-state index in [9.17, 15) is 13.2 Å². The molecule has 1 aromatic rings. The maximum Gasteiger partial charge on any atom is 0.244 e. The van der Waals surface area contributed by atoms with Crippen LogP contribution in [0.15, 0.2) is 27.6 Å². The maximum atomic E-state index is 12.9. The van der Waals surface area contributed by atoms with Gasteiger partial charge in [0.15, 0.2) is 0 Å². The molecule has 1 saturated heterocycles. The average molecular weight is 435 g/mol. The first kappa shape index (κ1) is 18.0. The van der Waals surface area contributed by atoms with E-state index < -0.39 is 16.1 Å². The summed E-state index contributed by atoms with van der Waals surface area (Å²) in [5.41, 5.74) is 0. The Balaban J connectivity index is 1.79. The van der Waals surface area contributed by atoms with E-state index in [4.69, 9.17) is 4.74 Å². The minimum absolute atomic E-state index is 0.151. The highest BCUT2D eigenvalue weighted by Gasteiger charge is 2.40. The molecule has 0 bridgehead atoms. The molecule has 132 valence electrons. The Morgan fingerprint density at radius 2 is 2.21 bits per heavy atom. The van der Waals surface area contributed by atoms with Crippen molar-refractivity contribution in [3.05, 3.63) is 22.7 Å². The Morgan fingerprint density at radius 1 is 1.46 bits per heavy atom. The van der Waals surface area contributed by atoms with Crippen molar-refractivity contribution in [2.75, 3.05) is 25.3 Å².